The molecule has 2 aromatic carbocycles. The Balaban J connectivity index is 1.50. The molecule has 3 rings (SSSR count). The lowest BCUT2D eigenvalue weighted by molar-refractivity contribution is -0.121. The molecule has 1 atom stereocenters. The minimum Gasteiger partial charge on any atom is -0.462 e. The Labute approximate surface area is 189 Å². The average molecular weight is 438 g/mol. The van der Waals surface area contributed by atoms with E-state index in [4.69, 9.17) is 4.74 Å². The number of carbonyl (C=O) groups is 3. The number of ether oxygens (including phenoxy) is 1. The molecule has 7 nitrogen and oxygen atoms in total. The number of benzene rings is 2. The molecule has 170 valence electrons. The molecule has 1 aliphatic rings. The van der Waals surface area contributed by atoms with Crippen LogP contribution in [-0.2, 0) is 9.53 Å². The summed E-state index contributed by atoms with van der Waals surface area (Å²) >= 11 is 0. The molecule has 0 radical (unpaired) electrons. The minimum absolute atomic E-state index is 0.0893. The Kier molecular flexibility index (Phi) is 7.87. The SMILES string of the molecule is CCOC(=O)c1cccc(NC(=O)[C@H](C)C2CCN(C(=O)Nc3ccc(C)cc3)CC2)c1. The summed E-state index contributed by atoms with van der Waals surface area (Å²) in [5.41, 5.74) is 2.90. The molecule has 1 heterocycles. The number of esters is 1. The van der Waals surface area contributed by atoms with Crippen molar-refractivity contribution in [3.05, 3.63) is 59.7 Å². The number of carbonyl (C=O) groups excluding carboxylic acids is 3. The fourth-order valence-corrected chi connectivity index (χ4v) is 3.85. The van der Waals surface area contributed by atoms with E-state index in [1.165, 1.54) is 0 Å². The summed E-state index contributed by atoms with van der Waals surface area (Å²) in [4.78, 5) is 39.0. The molecule has 0 bridgehead atoms. The Morgan fingerprint density at radius 3 is 2.38 bits per heavy atom. The topological polar surface area (TPSA) is 87.7 Å². The van der Waals surface area contributed by atoms with Gasteiger partial charge in [-0.1, -0.05) is 30.7 Å². The third kappa shape index (κ3) is 6.09. The first-order chi connectivity index (χ1) is 15.4. The summed E-state index contributed by atoms with van der Waals surface area (Å²) in [5.74, 6) is -0.517. The first kappa shape index (κ1) is 23.3. The zero-order chi connectivity index (χ0) is 23.1. The quantitative estimate of drug-likeness (QED) is 0.642. The number of piperidine rings is 1. The Bertz CT molecular complexity index is 950. The number of hydrogen-bond donors (Lipinski definition) is 2. The Morgan fingerprint density at radius 2 is 1.72 bits per heavy atom. The maximum atomic E-state index is 12.8. The van der Waals surface area contributed by atoms with Crippen molar-refractivity contribution in [2.75, 3.05) is 30.3 Å². The van der Waals surface area contributed by atoms with Gasteiger partial charge in [-0.3, -0.25) is 4.79 Å². The molecule has 3 amide bonds. The zero-order valence-corrected chi connectivity index (χ0v) is 18.9. The number of likely N-dealkylation sites (tertiary alicyclic amines) is 1. The highest BCUT2D eigenvalue weighted by Crippen LogP contribution is 2.27. The van der Waals surface area contributed by atoms with E-state index in [0.29, 0.717) is 30.9 Å². The van der Waals surface area contributed by atoms with E-state index in [-0.39, 0.29) is 23.8 Å². The molecule has 0 unspecified atom stereocenters. The number of anilines is 2. The summed E-state index contributed by atoms with van der Waals surface area (Å²) in [6.07, 6.45) is 1.53. The van der Waals surface area contributed by atoms with Gasteiger partial charge in [0.05, 0.1) is 12.2 Å². The van der Waals surface area contributed by atoms with Gasteiger partial charge in [0.15, 0.2) is 0 Å². The average Bonchev–Trinajstić information content (AvgIpc) is 2.80. The highest BCUT2D eigenvalue weighted by Gasteiger charge is 2.30. The Morgan fingerprint density at radius 1 is 1.03 bits per heavy atom. The molecule has 0 spiro atoms. The Hall–Kier alpha value is -3.35. The van der Waals surface area contributed by atoms with Crippen molar-refractivity contribution in [2.24, 2.45) is 11.8 Å². The van der Waals surface area contributed by atoms with Crippen LogP contribution < -0.4 is 10.6 Å². The van der Waals surface area contributed by atoms with Crippen LogP contribution in [0.15, 0.2) is 48.5 Å². The highest BCUT2D eigenvalue weighted by molar-refractivity contribution is 5.95. The fraction of sp³-hybridized carbons (Fsp3) is 0.400. The lowest BCUT2D eigenvalue weighted by atomic mass is 9.85. The van der Waals surface area contributed by atoms with Gasteiger partial charge in [-0.15, -0.1) is 0 Å². The molecule has 1 saturated heterocycles. The number of rotatable bonds is 6. The molecular formula is C25H31N3O4. The molecule has 7 heteroatoms. The van der Waals surface area contributed by atoms with E-state index >= 15 is 0 Å². The standard InChI is InChI=1S/C25H31N3O4/c1-4-32-24(30)20-6-5-7-22(16-20)26-23(29)18(3)19-12-14-28(15-13-19)25(31)27-21-10-8-17(2)9-11-21/h5-11,16,18-19H,4,12-15H2,1-3H3,(H,26,29)(H,27,31)/t18-/m1/s1. The van der Waals surface area contributed by atoms with Crippen LogP contribution >= 0.6 is 0 Å². The smallest absolute Gasteiger partial charge is 0.338 e. The van der Waals surface area contributed by atoms with Crippen LogP contribution in [-0.4, -0.2) is 42.5 Å². The summed E-state index contributed by atoms with van der Waals surface area (Å²) in [5, 5.41) is 5.84. The largest absolute Gasteiger partial charge is 0.462 e. The van der Waals surface area contributed by atoms with Crippen LogP contribution in [0.25, 0.3) is 0 Å². The molecule has 1 aliphatic heterocycles. The van der Waals surface area contributed by atoms with Crippen LogP contribution in [0.2, 0.25) is 0 Å². The summed E-state index contributed by atoms with van der Waals surface area (Å²) in [6, 6.07) is 14.4. The van der Waals surface area contributed by atoms with Gasteiger partial charge in [0, 0.05) is 30.4 Å². The van der Waals surface area contributed by atoms with E-state index in [1.54, 1.807) is 36.1 Å². The third-order valence-electron chi connectivity index (χ3n) is 5.89. The van der Waals surface area contributed by atoms with Gasteiger partial charge in [-0.05, 0) is 62.9 Å². The number of urea groups is 1. The predicted molar refractivity (Wildman–Crippen MR) is 125 cm³/mol. The second kappa shape index (κ2) is 10.8. The molecule has 0 aliphatic carbocycles. The highest BCUT2D eigenvalue weighted by atomic mass is 16.5. The van der Waals surface area contributed by atoms with Gasteiger partial charge in [0.25, 0.3) is 0 Å². The second-order valence-corrected chi connectivity index (χ2v) is 8.20. The predicted octanol–water partition coefficient (Wildman–Crippen LogP) is 4.69. The lowest BCUT2D eigenvalue weighted by Crippen LogP contribution is -2.43. The summed E-state index contributed by atoms with van der Waals surface area (Å²) < 4.78 is 5.01. The fourth-order valence-electron chi connectivity index (χ4n) is 3.85. The van der Waals surface area contributed by atoms with E-state index in [2.05, 4.69) is 10.6 Å². The molecule has 2 N–H and O–H groups in total. The molecule has 0 saturated carbocycles. The van der Waals surface area contributed by atoms with Gasteiger partial charge < -0.3 is 20.3 Å². The second-order valence-electron chi connectivity index (χ2n) is 8.20. The number of amides is 3. The third-order valence-corrected chi connectivity index (χ3v) is 5.89. The maximum Gasteiger partial charge on any atom is 0.338 e. The minimum atomic E-state index is -0.409. The lowest BCUT2D eigenvalue weighted by Gasteiger charge is -2.34. The maximum absolute atomic E-state index is 12.8. The van der Waals surface area contributed by atoms with Crippen LogP contribution in [0.1, 0.15) is 42.6 Å². The summed E-state index contributed by atoms with van der Waals surface area (Å²) in [6.45, 7) is 7.19. The number of hydrogen-bond acceptors (Lipinski definition) is 4. The van der Waals surface area contributed by atoms with Crippen molar-refractivity contribution < 1.29 is 19.1 Å². The van der Waals surface area contributed by atoms with E-state index in [1.807, 2.05) is 38.1 Å². The number of nitrogens with zero attached hydrogens (tertiary/aromatic N) is 1. The van der Waals surface area contributed by atoms with Gasteiger partial charge in [0.1, 0.15) is 0 Å². The van der Waals surface area contributed by atoms with Crippen molar-refractivity contribution in [3.63, 3.8) is 0 Å². The molecule has 0 aromatic heterocycles. The number of nitrogens with one attached hydrogen (secondary N) is 2. The van der Waals surface area contributed by atoms with Crippen LogP contribution in [0.4, 0.5) is 16.2 Å². The van der Waals surface area contributed by atoms with Gasteiger partial charge >= 0.3 is 12.0 Å². The first-order valence-electron chi connectivity index (χ1n) is 11.1. The zero-order valence-electron chi connectivity index (χ0n) is 18.9. The van der Waals surface area contributed by atoms with Gasteiger partial charge in [-0.2, -0.15) is 0 Å². The van der Waals surface area contributed by atoms with Crippen LogP contribution in [0.5, 0.6) is 0 Å². The van der Waals surface area contributed by atoms with Crippen LogP contribution in [0.3, 0.4) is 0 Å². The monoisotopic (exact) mass is 437 g/mol. The molecular weight excluding hydrogens is 406 g/mol. The first-order valence-corrected chi connectivity index (χ1v) is 11.1. The van der Waals surface area contributed by atoms with Crippen molar-refractivity contribution in [3.8, 4) is 0 Å². The van der Waals surface area contributed by atoms with E-state index in [9.17, 15) is 14.4 Å². The summed E-state index contributed by atoms with van der Waals surface area (Å²) in [7, 11) is 0. The van der Waals surface area contributed by atoms with Crippen molar-refractivity contribution in [1.82, 2.24) is 4.90 Å². The van der Waals surface area contributed by atoms with Gasteiger partial charge in [0.2, 0.25) is 5.91 Å². The normalized spacial score (nSPS) is 15.0. The van der Waals surface area contributed by atoms with E-state index < -0.39 is 5.97 Å². The van der Waals surface area contributed by atoms with Gasteiger partial charge in [-0.25, -0.2) is 9.59 Å². The van der Waals surface area contributed by atoms with Crippen molar-refractivity contribution in [2.45, 2.75) is 33.6 Å². The van der Waals surface area contributed by atoms with Crippen LogP contribution in [0, 0.1) is 18.8 Å². The number of aryl methyl sites for hydroxylation is 1. The van der Waals surface area contributed by atoms with Crippen molar-refractivity contribution >= 4 is 29.3 Å². The molecule has 2 aromatic rings. The molecule has 1 fully saturated rings. The van der Waals surface area contributed by atoms with Crippen molar-refractivity contribution in [1.29, 1.82) is 0 Å². The molecule has 32 heavy (non-hydrogen) atoms. The van der Waals surface area contributed by atoms with E-state index in [0.717, 1.165) is 24.1 Å².